The zero-order valence-corrected chi connectivity index (χ0v) is 20.4. The summed E-state index contributed by atoms with van der Waals surface area (Å²) >= 11 is 0. The average molecular weight is 428 g/mol. The number of nitrogens with one attached hydrogen (secondary N) is 2. The van der Waals surface area contributed by atoms with E-state index in [4.69, 9.17) is 0 Å². The number of hydrogen-bond donors (Lipinski definition) is 2. The summed E-state index contributed by atoms with van der Waals surface area (Å²) in [5.41, 5.74) is 3.13. The molecule has 0 radical (unpaired) electrons. The fraction of sp³-hybridized carbons (Fsp3) is 0.615. The summed E-state index contributed by atoms with van der Waals surface area (Å²) < 4.78 is 0. The highest BCUT2D eigenvalue weighted by Gasteiger charge is 2.28. The Bertz CT molecular complexity index is 763. The van der Waals surface area contributed by atoms with E-state index in [-0.39, 0.29) is 29.2 Å². The third kappa shape index (κ3) is 7.80. The van der Waals surface area contributed by atoms with Gasteiger partial charge in [0.05, 0.1) is 0 Å². The van der Waals surface area contributed by atoms with Gasteiger partial charge in [-0.1, -0.05) is 58.4 Å². The Kier molecular flexibility index (Phi) is 8.87. The highest BCUT2D eigenvalue weighted by Crippen LogP contribution is 2.22. The molecule has 0 bridgehead atoms. The van der Waals surface area contributed by atoms with Crippen LogP contribution in [-0.4, -0.2) is 48.4 Å². The first-order valence-corrected chi connectivity index (χ1v) is 11.5. The second-order valence-corrected chi connectivity index (χ2v) is 10.4. The third-order valence-electron chi connectivity index (χ3n) is 5.94. The van der Waals surface area contributed by atoms with E-state index in [1.807, 2.05) is 38.1 Å². The molecule has 1 atom stereocenters. The smallest absolute Gasteiger partial charge is 0.251 e. The van der Waals surface area contributed by atoms with Crippen molar-refractivity contribution in [3.63, 3.8) is 0 Å². The van der Waals surface area contributed by atoms with E-state index in [2.05, 4.69) is 56.2 Å². The van der Waals surface area contributed by atoms with Crippen LogP contribution in [0, 0.1) is 5.92 Å². The Balaban J connectivity index is 1.92. The lowest BCUT2D eigenvalue weighted by atomic mass is 9.86. The standard InChI is InChI=1S/C26H41N3O2/c1-18(2)12-15-29-16-13-22(14-17-29)27-25(31)23(19(3)4)28-24(30)20-8-10-21(11-9-20)26(5,6)7/h8-12,19,22-23H,13-17H2,1-7H3,(H,27,31)(H,28,30). The van der Waals surface area contributed by atoms with E-state index < -0.39 is 6.04 Å². The fourth-order valence-electron chi connectivity index (χ4n) is 3.74. The number of rotatable bonds is 7. The Labute approximate surface area is 188 Å². The molecule has 0 saturated carbocycles. The number of piperidine rings is 1. The minimum absolute atomic E-state index is 0.00977. The molecule has 172 valence electrons. The zero-order chi connectivity index (χ0) is 23.2. The van der Waals surface area contributed by atoms with Crippen molar-refractivity contribution >= 4 is 11.8 Å². The molecule has 2 amide bonds. The van der Waals surface area contributed by atoms with Crippen LogP contribution in [0.25, 0.3) is 0 Å². The number of nitrogens with zero attached hydrogens (tertiary/aromatic N) is 1. The van der Waals surface area contributed by atoms with Gasteiger partial charge in [0.2, 0.25) is 5.91 Å². The van der Waals surface area contributed by atoms with Gasteiger partial charge in [0.25, 0.3) is 5.91 Å². The van der Waals surface area contributed by atoms with Gasteiger partial charge in [-0.15, -0.1) is 0 Å². The summed E-state index contributed by atoms with van der Waals surface area (Å²) in [5, 5.41) is 6.13. The lowest BCUT2D eigenvalue weighted by Gasteiger charge is -2.33. The molecule has 0 aliphatic carbocycles. The van der Waals surface area contributed by atoms with Crippen molar-refractivity contribution < 1.29 is 9.59 Å². The van der Waals surface area contributed by atoms with Crippen LogP contribution in [0.5, 0.6) is 0 Å². The van der Waals surface area contributed by atoms with Gasteiger partial charge in [0.1, 0.15) is 6.04 Å². The maximum Gasteiger partial charge on any atom is 0.251 e. The van der Waals surface area contributed by atoms with Gasteiger partial charge in [0, 0.05) is 31.2 Å². The molecular formula is C26H41N3O2. The van der Waals surface area contributed by atoms with E-state index in [0.29, 0.717) is 5.56 Å². The van der Waals surface area contributed by atoms with Crippen molar-refractivity contribution in [2.24, 2.45) is 5.92 Å². The number of carbonyl (C=O) groups excluding carboxylic acids is 2. The molecule has 2 rings (SSSR count). The predicted molar refractivity (Wildman–Crippen MR) is 128 cm³/mol. The third-order valence-corrected chi connectivity index (χ3v) is 5.94. The second-order valence-electron chi connectivity index (χ2n) is 10.4. The van der Waals surface area contributed by atoms with Crippen molar-refractivity contribution in [2.45, 2.75) is 78.8 Å². The second kappa shape index (κ2) is 10.9. The summed E-state index contributed by atoms with van der Waals surface area (Å²) in [6, 6.07) is 7.28. The van der Waals surface area contributed by atoms with E-state index in [1.165, 1.54) is 11.1 Å². The van der Waals surface area contributed by atoms with Gasteiger partial charge in [-0.3, -0.25) is 14.5 Å². The van der Waals surface area contributed by atoms with Crippen LogP contribution in [-0.2, 0) is 10.2 Å². The van der Waals surface area contributed by atoms with Crippen LogP contribution < -0.4 is 10.6 Å². The number of allylic oxidation sites excluding steroid dienone is 1. The van der Waals surface area contributed by atoms with Crippen molar-refractivity contribution in [3.05, 3.63) is 47.0 Å². The Morgan fingerprint density at radius 2 is 1.68 bits per heavy atom. The molecule has 0 spiro atoms. The maximum absolute atomic E-state index is 13.0. The van der Waals surface area contributed by atoms with E-state index in [1.54, 1.807) is 0 Å². The van der Waals surface area contributed by atoms with Crippen LogP contribution in [0.1, 0.15) is 77.2 Å². The van der Waals surface area contributed by atoms with Crippen LogP contribution >= 0.6 is 0 Å². The summed E-state index contributed by atoms with van der Waals surface area (Å²) in [6.07, 6.45) is 4.13. The SMILES string of the molecule is CC(C)=CCN1CCC(NC(=O)C(NC(=O)c2ccc(C(C)(C)C)cc2)C(C)C)CC1. The normalized spacial score (nSPS) is 16.6. The van der Waals surface area contributed by atoms with Crippen molar-refractivity contribution in [3.8, 4) is 0 Å². The molecule has 1 fully saturated rings. The fourth-order valence-corrected chi connectivity index (χ4v) is 3.74. The van der Waals surface area contributed by atoms with Crippen LogP contribution in [0.3, 0.4) is 0 Å². The highest BCUT2D eigenvalue weighted by atomic mass is 16.2. The van der Waals surface area contributed by atoms with Crippen LogP contribution in [0.2, 0.25) is 0 Å². The monoisotopic (exact) mass is 427 g/mol. The molecule has 1 aliphatic heterocycles. The molecule has 2 N–H and O–H groups in total. The topological polar surface area (TPSA) is 61.4 Å². The van der Waals surface area contributed by atoms with Crippen molar-refractivity contribution in [1.82, 2.24) is 15.5 Å². The van der Waals surface area contributed by atoms with Gasteiger partial charge in [0.15, 0.2) is 0 Å². The number of amides is 2. The van der Waals surface area contributed by atoms with Gasteiger partial charge in [-0.05, 0) is 55.7 Å². The molecule has 5 nitrogen and oxygen atoms in total. The molecule has 5 heteroatoms. The molecule has 1 aliphatic rings. The number of benzene rings is 1. The number of carbonyl (C=O) groups is 2. The van der Waals surface area contributed by atoms with E-state index in [9.17, 15) is 9.59 Å². The van der Waals surface area contributed by atoms with E-state index in [0.717, 1.165) is 32.5 Å². The predicted octanol–water partition coefficient (Wildman–Crippen LogP) is 4.29. The summed E-state index contributed by atoms with van der Waals surface area (Å²) in [4.78, 5) is 28.2. The molecule has 1 aromatic carbocycles. The van der Waals surface area contributed by atoms with E-state index >= 15 is 0 Å². The maximum atomic E-state index is 13.0. The molecule has 31 heavy (non-hydrogen) atoms. The Morgan fingerprint density at radius 3 is 2.16 bits per heavy atom. The first-order chi connectivity index (χ1) is 14.5. The van der Waals surface area contributed by atoms with Gasteiger partial charge in [-0.2, -0.15) is 0 Å². The van der Waals surface area contributed by atoms with Crippen molar-refractivity contribution in [2.75, 3.05) is 19.6 Å². The molecule has 0 aromatic heterocycles. The lowest BCUT2D eigenvalue weighted by Crippen LogP contribution is -2.54. The molecule has 1 heterocycles. The highest BCUT2D eigenvalue weighted by molar-refractivity contribution is 5.97. The minimum atomic E-state index is -0.543. The van der Waals surface area contributed by atoms with Crippen molar-refractivity contribution in [1.29, 1.82) is 0 Å². The average Bonchev–Trinajstić information content (AvgIpc) is 2.70. The Hall–Kier alpha value is -2.14. The zero-order valence-electron chi connectivity index (χ0n) is 20.4. The molecule has 1 unspecified atom stereocenters. The van der Waals surface area contributed by atoms with Gasteiger partial charge >= 0.3 is 0 Å². The quantitative estimate of drug-likeness (QED) is 0.638. The first kappa shape index (κ1) is 25.1. The largest absolute Gasteiger partial charge is 0.351 e. The van der Waals surface area contributed by atoms with Crippen LogP contribution in [0.15, 0.2) is 35.9 Å². The molecule has 1 aromatic rings. The lowest BCUT2D eigenvalue weighted by molar-refractivity contribution is -0.125. The van der Waals surface area contributed by atoms with Gasteiger partial charge in [-0.25, -0.2) is 0 Å². The first-order valence-electron chi connectivity index (χ1n) is 11.5. The summed E-state index contributed by atoms with van der Waals surface area (Å²) in [6.45, 7) is 17.5. The minimum Gasteiger partial charge on any atom is -0.351 e. The summed E-state index contributed by atoms with van der Waals surface area (Å²) in [7, 11) is 0. The molecular weight excluding hydrogens is 386 g/mol. The molecule has 1 saturated heterocycles. The Morgan fingerprint density at radius 1 is 1.10 bits per heavy atom. The number of hydrogen-bond acceptors (Lipinski definition) is 3. The summed E-state index contributed by atoms with van der Waals surface area (Å²) in [5.74, 6) is -0.279. The number of likely N-dealkylation sites (tertiary alicyclic amines) is 1. The van der Waals surface area contributed by atoms with Gasteiger partial charge < -0.3 is 10.6 Å². The van der Waals surface area contributed by atoms with Crippen LogP contribution in [0.4, 0.5) is 0 Å².